The fourth-order valence-electron chi connectivity index (χ4n) is 1.99. The molecule has 0 aliphatic carbocycles. The molecule has 0 bridgehead atoms. The van der Waals surface area contributed by atoms with E-state index in [0.717, 1.165) is 0 Å². The predicted octanol–water partition coefficient (Wildman–Crippen LogP) is -0.579. The van der Waals surface area contributed by atoms with Crippen molar-refractivity contribution in [1.82, 2.24) is 25.0 Å². The number of ether oxygens (including phenoxy) is 1. The SMILES string of the molecule is Nc1ncnc2c1nnn2[C@@H]1O[C@H](CO)C[C@H]1F. The number of halogens is 1. The van der Waals surface area contributed by atoms with E-state index in [2.05, 4.69) is 20.3 Å². The summed E-state index contributed by atoms with van der Waals surface area (Å²) in [4.78, 5) is 7.74. The van der Waals surface area contributed by atoms with E-state index < -0.39 is 18.5 Å². The smallest absolute Gasteiger partial charge is 0.186 e. The van der Waals surface area contributed by atoms with Crippen LogP contribution in [0.15, 0.2) is 6.33 Å². The molecule has 18 heavy (non-hydrogen) atoms. The molecule has 3 heterocycles. The zero-order valence-electron chi connectivity index (χ0n) is 9.27. The number of alkyl halides is 1. The monoisotopic (exact) mass is 254 g/mol. The molecule has 0 unspecified atom stereocenters. The lowest BCUT2D eigenvalue weighted by atomic mass is 10.2. The summed E-state index contributed by atoms with van der Waals surface area (Å²) < 4.78 is 20.4. The van der Waals surface area contributed by atoms with E-state index in [9.17, 15) is 4.39 Å². The van der Waals surface area contributed by atoms with Gasteiger partial charge in [-0.1, -0.05) is 5.21 Å². The van der Waals surface area contributed by atoms with Gasteiger partial charge in [0.05, 0.1) is 12.7 Å². The molecule has 0 aromatic carbocycles. The summed E-state index contributed by atoms with van der Waals surface area (Å²) in [5, 5.41) is 16.6. The summed E-state index contributed by atoms with van der Waals surface area (Å²) in [5.41, 5.74) is 6.23. The second-order valence-electron chi connectivity index (χ2n) is 4.05. The van der Waals surface area contributed by atoms with Crippen LogP contribution in [0.1, 0.15) is 12.6 Å². The number of aliphatic hydroxyl groups is 1. The molecule has 2 aromatic rings. The first-order valence-electron chi connectivity index (χ1n) is 5.42. The Kier molecular flexibility index (Phi) is 2.56. The molecule has 2 aromatic heterocycles. The Morgan fingerprint density at radius 3 is 3.11 bits per heavy atom. The van der Waals surface area contributed by atoms with E-state index in [-0.39, 0.29) is 18.8 Å². The fourth-order valence-corrected chi connectivity index (χ4v) is 1.99. The topological polar surface area (TPSA) is 112 Å². The zero-order valence-corrected chi connectivity index (χ0v) is 9.27. The molecule has 0 spiro atoms. The highest BCUT2D eigenvalue weighted by atomic mass is 19.1. The van der Waals surface area contributed by atoms with Crippen LogP contribution in [0.4, 0.5) is 10.2 Å². The van der Waals surface area contributed by atoms with Crippen molar-refractivity contribution in [2.45, 2.75) is 24.9 Å². The van der Waals surface area contributed by atoms with Crippen molar-refractivity contribution in [3.63, 3.8) is 0 Å². The summed E-state index contributed by atoms with van der Waals surface area (Å²) >= 11 is 0. The van der Waals surface area contributed by atoms with Crippen LogP contribution in [0, 0.1) is 0 Å². The molecule has 9 heteroatoms. The Balaban J connectivity index is 2.02. The summed E-state index contributed by atoms with van der Waals surface area (Å²) in [6.07, 6.45) is -1.39. The summed E-state index contributed by atoms with van der Waals surface area (Å²) in [7, 11) is 0. The largest absolute Gasteiger partial charge is 0.394 e. The number of fused-ring (bicyclic) bond motifs is 1. The number of nitrogens with zero attached hydrogens (tertiary/aromatic N) is 5. The van der Waals surface area contributed by atoms with Crippen LogP contribution < -0.4 is 5.73 Å². The molecule has 0 saturated carbocycles. The van der Waals surface area contributed by atoms with Gasteiger partial charge < -0.3 is 15.6 Å². The van der Waals surface area contributed by atoms with Gasteiger partial charge in [0.15, 0.2) is 23.2 Å². The highest BCUT2D eigenvalue weighted by molar-refractivity contribution is 5.80. The number of aromatic nitrogens is 5. The van der Waals surface area contributed by atoms with Gasteiger partial charge in [0.25, 0.3) is 0 Å². The van der Waals surface area contributed by atoms with Gasteiger partial charge in [0.1, 0.15) is 12.5 Å². The second-order valence-corrected chi connectivity index (χ2v) is 4.05. The van der Waals surface area contributed by atoms with E-state index >= 15 is 0 Å². The van der Waals surface area contributed by atoms with E-state index in [4.69, 9.17) is 15.6 Å². The van der Waals surface area contributed by atoms with Crippen molar-refractivity contribution in [3.05, 3.63) is 6.33 Å². The lowest BCUT2D eigenvalue weighted by Crippen LogP contribution is -2.19. The molecule has 8 nitrogen and oxygen atoms in total. The van der Waals surface area contributed by atoms with Crippen molar-refractivity contribution >= 4 is 17.0 Å². The highest BCUT2D eigenvalue weighted by Gasteiger charge is 2.38. The number of aliphatic hydroxyl groups excluding tert-OH is 1. The van der Waals surface area contributed by atoms with Crippen LogP contribution in [0.5, 0.6) is 0 Å². The molecule has 1 saturated heterocycles. The van der Waals surface area contributed by atoms with Crippen molar-refractivity contribution in [2.75, 3.05) is 12.3 Å². The first kappa shape index (κ1) is 11.2. The normalized spacial score (nSPS) is 28.0. The Morgan fingerprint density at radius 2 is 2.39 bits per heavy atom. The molecule has 3 rings (SSSR count). The molecular weight excluding hydrogens is 243 g/mol. The minimum absolute atomic E-state index is 0.114. The zero-order chi connectivity index (χ0) is 12.7. The second kappa shape index (κ2) is 4.10. The molecule has 3 N–H and O–H groups in total. The number of hydrogen-bond acceptors (Lipinski definition) is 7. The maximum Gasteiger partial charge on any atom is 0.186 e. The molecule has 0 amide bonds. The van der Waals surface area contributed by atoms with Gasteiger partial charge >= 0.3 is 0 Å². The maximum absolute atomic E-state index is 13.8. The van der Waals surface area contributed by atoms with Crippen LogP contribution in [0.25, 0.3) is 11.2 Å². The summed E-state index contributed by atoms with van der Waals surface area (Å²) in [6.45, 7) is -0.235. The highest BCUT2D eigenvalue weighted by Crippen LogP contribution is 2.32. The van der Waals surface area contributed by atoms with Gasteiger partial charge in [-0.3, -0.25) is 0 Å². The van der Waals surface area contributed by atoms with Crippen LogP contribution in [0.2, 0.25) is 0 Å². The molecule has 1 aliphatic rings. The van der Waals surface area contributed by atoms with E-state index in [1.165, 1.54) is 11.0 Å². The molecule has 0 radical (unpaired) electrons. The van der Waals surface area contributed by atoms with Crippen LogP contribution in [0.3, 0.4) is 0 Å². The predicted molar refractivity (Wildman–Crippen MR) is 58.0 cm³/mol. The lowest BCUT2D eigenvalue weighted by Gasteiger charge is -2.13. The first-order chi connectivity index (χ1) is 8.70. The number of hydrogen-bond donors (Lipinski definition) is 2. The Labute approximate surface area is 101 Å². The van der Waals surface area contributed by atoms with Crippen molar-refractivity contribution in [1.29, 1.82) is 0 Å². The van der Waals surface area contributed by atoms with Gasteiger partial charge in [0.2, 0.25) is 0 Å². The molecule has 3 atom stereocenters. The van der Waals surface area contributed by atoms with Gasteiger partial charge in [-0.15, -0.1) is 5.10 Å². The fraction of sp³-hybridized carbons (Fsp3) is 0.556. The third-order valence-electron chi connectivity index (χ3n) is 2.86. The van der Waals surface area contributed by atoms with Crippen LogP contribution in [-0.4, -0.2) is 49.0 Å². The molecule has 1 fully saturated rings. The van der Waals surface area contributed by atoms with Crippen LogP contribution >= 0.6 is 0 Å². The molecule has 1 aliphatic heterocycles. The first-order valence-corrected chi connectivity index (χ1v) is 5.42. The standard InChI is InChI=1S/C9H11FN6O2/c10-5-1-4(2-17)18-9(5)16-8-6(14-15-16)7(11)12-3-13-8/h3-5,9,17H,1-2H2,(H2,11,12,13)/t4-,5+,9+/m0/s1. The number of rotatable bonds is 2. The maximum atomic E-state index is 13.8. The van der Waals surface area contributed by atoms with Gasteiger partial charge in [-0.25, -0.2) is 14.4 Å². The Bertz CT molecular complexity index is 575. The average molecular weight is 254 g/mol. The van der Waals surface area contributed by atoms with Gasteiger partial charge in [-0.05, 0) is 0 Å². The van der Waals surface area contributed by atoms with Gasteiger partial charge in [0, 0.05) is 6.42 Å². The summed E-state index contributed by atoms with van der Waals surface area (Å²) in [6, 6.07) is 0. The molecular formula is C9H11FN6O2. The minimum atomic E-state index is -1.27. The number of anilines is 1. The Morgan fingerprint density at radius 1 is 1.56 bits per heavy atom. The number of nitrogens with two attached hydrogens (primary N) is 1. The average Bonchev–Trinajstić information content (AvgIpc) is 2.93. The van der Waals surface area contributed by atoms with E-state index in [0.29, 0.717) is 11.2 Å². The quantitative estimate of drug-likeness (QED) is 0.737. The molecule has 96 valence electrons. The van der Waals surface area contributed by atoms with Crippen molar-refractivity contribution in [2.24, 2.45) is 0 Å². The third-order valence-corrected chi connectivity index (χ3v) is 2.86. The van der Waals surface area contributed by atoms with Crippen LogP contribution in [-0.2, 0) is 4.74 Å². The van der Waals surface area contributed by atoms with Crippen molar-refractivity contribution in [3.8, 4) is 0 Å². The Hall–Kier alpha value is -1.87. The van der Waals surface area contributed by atoms with Crippen molar-refractivity contribution < 1.29 is 14.2 Å². The summed E-state index contributed by atoms with van der Waals surface area (Å²) in [5.74, 6) is 0.179. The van der Waals surface area contributed by atoms with E-state index in [1.54, 1.807) is 0 Å². The minimum Gasteiger partial charge on any atom is -0.394 e. The third kappa shape index (κ3) is 1.59. The van der Waals surface area contributed by atoms with E-state index in [1.807, 2.05) is 0 Å². The number of nitrogen functional groups attached to an aromatic ring is 1. The van der Waals surface area contributed by atoms with Gasteiger partial charge in [-0.2, -0.15) is 4.68 Å². The lowest BCUT2D eigenvalue weighted by molar-refractivity contribution is -0.0421.